The van der Waals surface area contributed by atoms with Gasteiger partial charge in [-0.1, -0.05) is 182 Å². The Labute approximate surface area is 349 Å². The highest BCUT2D eigenvalue weighted by Gasteiger charge is 2.16. The van der Waals surface area contributed by atoms with E-state index in [1.807, 2.05) is 18.2 Å². The quantitative estimate of drug-likeness (QED) is 0.143. The lowest BCUT2D eigenvalue weighted by atomic mass is 9.95. The molecule has 1 aromatic heterocycles. The van der Waals surface area contributed by atoms with Gasteiger partial charge in [-0.3, -0.25) is 0 Å². The number of furan rings is 1. The first kappa shape index (κ1) is 35.2. The normalized spacial score (nSPS) is 11.3. The fraction of sp³-hybridized carbons (Fsp3) is 0. The van der Waals surface area contributed by atoms with Crippen molar-refractivity contribution in [3.63, 3.8) is 0 Å². The van der Waals surface area contributed by atoms with Gasteiger partial charge in [0.15, 0.2) is 0 Å². The Bertz CT molecular complexity index is 3260. The van der Waals surface area contributed by atoms with Gasteiger partial charge in [0.25, 0.3) is 0 Å². The minimum absolute atomic E-state index is 0.877. The van der Waals surface area contributed by atoms with Crippen LogP contribution >= 0.6 is 0 Å². The lowest BCUT2D eigenvalue weighted by Gasteiger charge is -2.26. The number of fused-ring (bicyclic) bond motifs is 4. The number of nitrogens with zero attached hydrogens (tertiary/aromatic N) is 1. The van der Waals surface area contributed by atoms with Crippen LogP contribution in [0.4, 0.5) is 17.1 Å². The average Bonchev–Trinajstić information content (AvgIpc) is 3.77. The van der Waals surface area contributed by atoms with E-state index in [1.165, 1.54) is 43.8 Å². The van der Waals surface area contributed by atoms with Gasteiger partial charge in [0.2, 0.25) is 0 Å². The van der Waals surface area contributed by atoms with Crippen molar-refractivity contribution in [1.82, 2.24) is 0 Å². The van der Waals surface area contributed by atoms with Gasteiger partial charge in [0.05, 0.1) is 0 Å². The smallest absolute Gasteiger partial charge is 0.136 e. The van der Waals surface area contributed by atoms with Crippen LogP contribution in [0.1, 0.15) is 0 Å². The molecule has 0 aliphatic rings. The van der Waals surface area contributed by atoms with Gasteiger partial charge in [0.1, 0.15) is 11.3 Å². The van der Waals surface area contributed by atoms with Gasteiger partial charge in [0, 0.05) is 28.0 Å². The first-order valence-electron chi connectivity index (χ1n) is 20.5. The van der Waals surface area contributed by atoms with Gasteiger partial charge in [-0.05, 0) is 121 Å². The van der Waals surface area contributed by atoms with E-state index in [9.17, 15) is 0 Å². The SMILES string of the molecule is c1ccc(-c2cccc(N(c3ccc(-c4ccc(-c5ccccc5-c5cc6ccccc6o5)cc4)cc3)c3ccc(-c4ccc5c(ccc6ccccc65)c4)cc3)c2)cc1. The van der Waals surface area contributed by atoms with E-state index in [0.717, 1.165) is 61.6 Å². The molecule has 0 atom stereocenters. The third-order valence-electron chi connectivity index (χ3n) is 11.7. The fourth-order valence-electron chi connectivity index (χ4n) is 8.61. The van der Waals surface area contributed by atoms with E-state index in [2.05, 4.69) is 223 Å². The van der Waals surface area contributed by atoms with Crippen molar-refractivity contribution >= 4 is 49.6 Å². The van der Waals surface area contributed by atoms with Crippen LogP contribution in [0, 0.1) is 0 Å². The van der Waals surface area contributed by atoms with E-state index in [1.54, 1.807) is 0 Å². The highest BCUT2D eigenvalue weighted by atomic mass is 16.3. The van der Waals surface area contributed by atoms with Crippen LogP contribution in [-0.4, -0.2) is 0 Å². The van der Waals surface area contributed by atoms with Gasteiger partial charge in [-0.2, -0.15) is 0 Å². The molecule has 0 unspecified atom stereocenters. The van der Waals surface area contributed by atoms with Crippen LogP contribution in [0.3, 0.4) is 0 Å². The lowest BCUT2D eigenvalue weighted by Crippen LogP contribution is -2.10. The molecule has 0 aliphatic carbocycles. The maximum Gasteiger partial charge on any atom is 0.136 e. The molecule has 2 heteroatoms. The lowest BCUT2D eigenvalue weighted by molar-refractivity contribution is 0.632. The molecule has 0 aliphatic heterocycles. The molecule has 0 saturated carbocycles. The summed E-state index contributed by atoms with van der Waals surface area (Å²) in [5, 5.41) is 6.19. The van der Waals surface area contributed by atoms with E-state index in [0.29, 0.717) is 0 Å². The Morgan fingerprint density at radius 3 is 1.53 bits per heavy atom. The number of hydrogen-bond acceptors (Lipinski definition) is 2. The van der Waals surface area contributed by atoms with E-state index in [-0.39, 0.29) is 0 Å². The Kier molecular flexibility index (Phi) is 8.87. The number of rotatable bonds is 8. The zero-order valence-electron chi connectivity index (χ0n) is 32.9. The summed E-state index contributed by atoms with van der Waals surface area (Å²) in [7, 11) is 0. The molecule has 0 spiro atoms. The van der Waals surface area contributed by atoms with Crippen molar-refractivity contribution in [3.8, 4) is 55.8 Å². The van der Waals surface area contributed by atoms with Crippen molar-refractivity contribution in [1.29, 1.82) is 0 Å². The molecule has 1 heterocycles. The summed E-state index contributed by atoms with van der Waals surface area (Å²) >= 11 is 0. The van der Waals surface area contributed by atoms with Crippen molar-refractivity contribution in [2.75, 3.05) is 4.90 Å². The van der Waals surface area contributed by atoms with Crippen LogP contribution in [0.2, 0.25) is 0 Å². The van der Waals surface area contributed by atoms with Crippen molar-refractivity contribution in [2.45, 2.75) is 0 Å². The predicted molar refractivity (Wildman–Crippen MR) is 253 cm³/mol. The Morgan fingerprint density at radius 1 is 0.267 bits per heavy atom. The molecule has 0 saturated heterocycles. The minimum atomic E-state index is 0.877. The van der Waals surface area contributed by atoms with Crippen LogP contribution in [0.25, 0.3) is 88.3 Å². The van der Waals surface area contributed by atoms with Crippen molar-refractivity contribution < 1.29 is 4.42 Å². The molecule has 0 fully saturated rings. The average molecular weight is 766 g/mol. The standard InChI is InChI=1S/C58H39NO/c1-2-11-40(12-3-1)46-15-10-16-52(38-46)59(51-34-29-43(30-35-51)47-31-36-55-48(37-47)26-25-44-13-4-6-17-53(44)55)50-32-27-42(28-33-50)41-21-23-45(24-22-41)54-18-7-8-19-56(54)58-39-49-14-5-9-20-57(49)60-58/h1-39H. The second-order valence-electron chi connectivity index (χ2n) is 15.3. The minimum Gasteiger partial charge on any atom is -0.456 e. The summed E-state index contributed by atoms with van der Waals surface area (Å²) in [5.41, 5.74) is 14.6. The van der Waals surface area contributed by atoms with Gasteiger partial charge >= 0.3 is 0 Å². The van der Waals surface area contributed by atoms with Gasteiger partial charge < -0.3 is 9.32 Å². The largest absolute Gasteiger partial charge is 0.456 e. The highest BCUT2D eigenvalue weighted by molar-refractivity contribution is 6.08. The predicted octanol–water partition coefficient (Wildman–Crippen LogP) is 16.5. The molecule has 0 amide bonds. The molecule has 60 heavy (non-hydrogen) atoms. The third-order valence-corrected chi connectivity index (χ3v) is 11.7. The maximum absolute atomic E-state index is 6.28. The second-order valence-corrected chi connectivity index (χ2v) is 15.3. The molecular formula is C58H39NO. The van der Waals surface area contributed by atoms with Crippen LogP contribution in [0.15, 0.2) is 241 Å². The van der Waals surface area contributed by atoms with Crippen LogP contribution in [-0.2, 0) is 0 Å². The highest BCUT2D eigenvalue weighted by Crippen LogP contribution is 2.40. The summed E-state index contributed by atoms with van der Waals surface area (Å²) < 4.78 is 6.28. The first-order chi connectivity index (χ1) is 29.7. The van der Waals surface area contributed by atoms with Crippen molar-refractivity contribution in [3.05, 3.63) is 237 Å². The molecular weight excluding hydrogens is 727 g/mol. The number of hydrogen-bond donors (Lipinski definition) is 0. The van der Waals surface area contributed by atoms with Crippen LogP contribution in [0.5, 0.6) is 0 Å². The molecule has 2 nitrogen and oxygen atoms in total. The maximum atomic E-state index is 6.28. The van der Waals surface area contributed by atoms with E-state index >= 15 is 0 Å². The molecule has 0 radical (unpaired) electrons. The summed E-state index contributed by atoms with van der Waals surface area (Å²) in [5.74, 6) is 0.877. The zero-order valence-corrected chi connectivity index (χ0v) is 32.9. The molecule has 282 valence electrons. The Morgan fingerprint density at radius 2 is 0.783 bits per heavy atom. The molecule has 11 rings (SSSR count). The Balaban J connectivity index is 0.919. The summed E-state index contributed by atoms with van der Waals surface area (Å²) in [6.07, 6.45) is 0. The fourth-order valence-corrected chi connectivity index (χ4v) is 8.61. The topological polar surface area (TPSA) is 16.4 Å². The number of para-hydroxylation sites is 1. The summed E-state index contributed by atoms with van der Waals surface area (Å²) in [6.45, 7) is 0. The molecule has 0 N–H and O–H groups in total. The summed E-state index contributed by atoms with van der Waals surface area (Å²) in [4.78, 5) is 2.35. The van der Waals surface area contributed by atoms with Gasteiger partial charge in [-0.15, -0.1) is 0 Å². The third kappa shape index (κ3) is 6.61. The summed E-state index contributed by atoms with van der Waals surface area (Å²) in [6, 6.07) is 84.8. The van der Waals surface area contributed by atoms with E-state index < -0.39 is 0 Å². The first-order valence-corrected chi connectivity index (χ1v) is 20.5. The number of anilines is 3. The van der Waals surface area contributed by atoms with Gasteiger partial charge in [-0.25, -0.2) is 0 Å². The molecule has 10 aromatic carbocycles. The van der Waals surface area contributed by atoms with Crippen LogP contribution < -0.4 is 4.90 Å². The van der Waals surface area contributed by atoms with E-state index in [4.69, 9.17) is 4.42 Å². The van der Waals surface area contributed by atoms with Crippen molar-refractivity contribution in [2.24, 2.45) is 0 Å². The monoisotopic (exact) mass is 765 g/mol. The molecule has 11 aromatic rings. The Hall–Kier alpha value is -7.94. The second kappa shape index (κ2) is 15.1. The zero-order chi connectivity index (χ0) is 39.8. The molecule has 0 bridgehead atoms. The number of benzene rings is 10.